The Balaban J connectivity index is 1.31. The van der Waals surface area contributed by atoms with Gasteiger partial charge in [0.25, 0.3) is 0 Å². The molecule has 0 aromatic carbocycles. The summed E-state index contributed by atoms with van der Waals surface area (Å²) >= 11 is 1.47. The molecule has 3 aromatic heterocycles. The minimum atomic E-state index is -1.43. The first-order valence-corrected chi connectivity index (χ1v) is 17.3. The zero-order chi connectivity index (χ0) is 34.1. The lowest BCUT2D eigenvalue weighted by Gasteiger charge is -2.30. The number of carboxylic acids is 1. The number of pyridine rings is 2. The van der Waals surface area contributed by atoms with Gasteiger partial charge in [-0.3, -0.25) is 14.6 Å². The van der Waals surface area contributed by atoms with E-state index in [9.17, 15) is 24.3 Å². The maximum atomic E-state index is 14.3. The van der Waals surface area contributed by atoms with E-state index < -0.39 is 53.2 Å². The molecule has 0 bridgehead atoms. The summed E-state index contributed by atoms with van der Waals surface area (Å²) in [5.41, 5.74) is -0.172. The van der Waals surface area contributed by atoms with Crippen molar-refractivity contribution in [3.8, 4) is 17.1 Å². The van der Waals surface area contributed by atoms with Crippen molar-refractivity contribution in [1.29, 1.82) is 0 Å². The maximum absolute atomic E-state index is 14.3. The lowest BCUT2D eigenvalue weighted by molar-refractivity contribution is -0.145. The molecule has 3 amide bonds. The van der Waals surface area contributed by atoms with Gasteiger partial charge < -0.3 is 30.1 Å². The topological polar surface area (TPSA) is 160 Å². The molecule has 2 fully saturated rings. The number of hydrogen-bond donors (Lipinski definition) is 3. The Morgan fingerprint density at radius 2 is 1.98 bits per heavy atom. The first kappa shape index (κ1) is 33.4. The molecule has 1 saturated carbocycles. The van der Waals surface area contributed by atoms with Crippen LogP contribution < -0.4 is 15.4 Å². The van der Waals surface area contributed by atoms with Crippen LogP contribution in [-0.4, -0.2) is 79.7 Å². The first-order valence-electron chi connectivity index (χ1n) is 16.4. The van der Waals surface area contributed by atoms with Gasteiger partial charge >= 0.3 is 12.1 Å². The summed E-state index contributed by atoms with van der Waals surface area (Å²) in [4.78, 5) is 64.2. The third kappa shape index (κ3) is 7.30. The molecule has 6 rings (SSSR count). The molecule has 13 heteroatoms. The molecule has 1 aliphatic carbocycles. The maximum Gasteiger partial charge on any atom is 0.408 e. The number of amides is 3. The van der Waals surface area contributed by atoms with E-state index in [1.165, 1.54) is 16.2 Å². The number of aromatic nitrogens is 2. The van der Waals surface area contributed by atoms with Crippen molar-refractivity contribution >= 4 is 45.4 Å². The average molecular weight is 676 g/mol. The molecule has 12 nitrogen and oxygen atoms in total. The molecule has 3 N–H and O–H groups in total. The van der Waals surface area contributed by atoms with Gasteiger partial charge in [0, 0.05) is 24.6 Å². The summed E-state index contributed by atoms with van der Waals surface area (Å²) in [6, 6.07) is 7.30. The number of ether oxygens (including phenoxy) is 2. The number of carbonyl (C=O) groups excluding carboxylic acids is 3. The van der Waals surface area contributed by atoms with Gasteiger partial charge in [-0.1, -0.05) is 31.1 Å². The van der Waals surface area contributed by atoms with Crippen molar-refractivity contribution in [1.82, 2.24) is 25.5 Å². The van der Waals surface area contributed by atoms with E-state index in [4.69, 9.17) is 14.5 Å². The van der Waals surface area contributed by atoms with Crippen LogP contribution in [0, 0.1) is 5.92 Å². The van der Waals surface area contributed by atoms with Crippen LogP contribution in [0.25, 0.3) is 21.6 Å². The van der Waals surface area contributed by atoms with Gasteiger partial charge in [-0.05, 0) is 70.0 Å². The Labute approximate surface area is 282 Å². The standard InChI is InChI=1S/C35H41N5O7S/c1-34(2,3)47-33(45)38-25-13-8-6-4-5-7-11-21-19-35(21,32(43)44)39-30(41)27-17-22(20-40(27)31(25)42)46-28-18-26(23-12-9-10-15-36-23)37-24-14-16-48-29(24)28/h7,9-12,14-16,18,21-22,25,27H,4-6,8,13,17,19-20H2,1-3H3,(H,38,45)(H,39,41)(H,43,44)/b11-7+/t21-,22-,25+,27+,35-/m1/s1. The third-order valence-electron chi connectivity index (χ3n) is 8.91. The average Bonchev–Trinajstić information content (AvgIpc) is 3.33. The molecule has 1 saturated heterocycles. The van der Waals surface area contributed by atoms with Crippen molar-refractivity contribution in [3.63, 3.8) is 0 Å². The molecule has 5 atom stereocenters. The second kappa shape index (κ2) is 13.5. The zero-order valence-corrected chi connectivity index (χ0v) is 28.1. The minimum Gasteiger partial charge on any atom is -0.487 e. The van der Waals surface area contributed by atoms with Crippen LogP contribution in [0.4, 0.5) is 4.79 Å². The quantitative estimate of drug-likeness (QED) is 0.314. The van der Waals surface area contributed by atoms with Crippen molar-refractivity contribution in [2.45, 2.75) is 95.0 Å². The fraction of sp³-hybridized carbons (Fsp3) is 0.486. The number of hydrogen-bond acceptors (Lipinski definition) is 9. The van der Waals surface area contributed by atoms with E-state index >= 15 is 0 Å². The van der Waals surface area contributed by atoms with E-state index in [2.05, 4.69) is 15.6 Å². The van der Waals surface area contributed by atoms with Gasteiger partial charge in [0.2, 0.25) is 11.8 Å². The molecule has 48 heavy (non-hydrogen) atoms. The number of carboxylic acid groups (broad SMARTS) is 1. The second-order valence-corrected chi connectivity index (χ2v) is 14.6. The summed E-state index contributed by atoms with van der Waals surface area (Å²) < 4.78 is 12.9. The highest BCUT2D eigenvalue weighted by atomic mass is 32.1. The van der Waals surface area contributed by atoms with Gasteiger partial charge in [0.1, 0.15) is 35.1 Å². The molecule has 5 heterocycles. The minimum absolute atomic E-state index is 0.0565. The highest BCUT2D eigenvalue weighted by Gasteiger charge is 2.61. The molecule has 2 aliphatic heterocycles. The number of nitrogens with zero attached hydrogens (tertiary/aromatic N) is 3. The molecule has 0 radical (unpaired) electrons. The van der Waals surface area contributed by atoms with Crippen LogP contribution in [0.2, 0.25) is 0 Å². The Bertz CT molecular complexity index is 1720. The smallest absolute Gasteiger partial charge is 0.408 e. The van der Waals surface area contributed by atoms with E-state index in [1.54, 1.807) is 27.0 Å². The number of thiophene rings is 1. The van der Waals surface area contributed by atoms with Crippen LogP contribution in [0.3, 0.4) is 0 Å². The van der Waals surface area contributed by atoms with Crippen LogP contribution in [0.1, 0.15) is 65.7 Å². The van der Waals surface area contributed by atoms with E-state index in [0.717, 1.165) is 29.5 Å². The molecule has 0 unspecified atom stereocenters. The molecule has 3 aliphatic rings. The van der Waals surface area contributed by atoms with Gasteiger partial charge in [-0.25, -0.2) is 14.6 Å². The highest BCUT2D eigenvalue weighted by molar-refractivity contribution is 7.17. The van der Waals surface area contributed by atoms with Gasteiger partial charge in [0.15, 0.2) is 0 Å². The van der Waals surface area contributed by atoms with Crippen molar-refractivity contribution in [2.75, 3.05) is 6.54 Å². The van der Waals surface area contributed by atoms with Crippen LogP contribution in [0.5, 0.6) is 5.75 Å². The summed E-state index contributed by atoms with van der Waals surface area (Å²) in [5, 5.41) is 17.6. The predicted molar refractivity (Wildman–Crippen MR) is 179 cm³/mol. The number of rotatable bonds is 5. The summed E-state index contributed by atoms with van der Waals surface area (Å²) in [6.45, 7) is 5.29. The zero-order valence-electron chi connectivity index (χ0n) is 27.3. The second-order valence-electron chi connectivity index (χ2n) is 13.7. The SMILES string of the molecule is CC(C)(C)OC(=O)N[C@H]1CCCCC/C=C/[C@@H]2C[C@@]2(C(=O)O)NC(=O)[C@@H]2C[C@@H](Oc3cc(-c4ccccn4)nc4ccsc34)CN2C1=O. The number of allylic oxidation sites excluding steroid dienone is 1. The van der Waals surface area contributed by atoms with Crippen LogP contribution in [-0.2, 0) is 19.1 Å². The highest BCUT2D eigenvalue weighted by Crippen LogP contribution is 2.45. The fourth-order valence-electron chi connectivity index (χ4n) is 6.44. The van der Waals surface area contributed by atoms with Gasteiger partial charge in [-0.15, -0.1) is 11.3 Å². The van der Waals surface area contributed by atoms with E-state index in [-0.39, 0.29) is 25.3 Å². The van der Waals surface area contributed by atoms with Crippen LogP contribution >= 0.6 is 11.3 Å². The Kier molecular flexibility index (Phi) is 9.41. The molecular formula is C35H41N5O7S. The number of aliphatic carboxylic acids is 1. The molecule has 0 spiro atoms. The number of fused-ring (bicyclic) bond motifs is 3. The van der Waals surface area contributed by atoms with Crippen molar-refractivity contribution in [3.05, 3.63) is 54.1 Å². The van der Waals surface area contributed by atoms with Crippen molar-refractivity contribution in [2.24, 2.45) is 5.92 Å². The summed E-state index contributed by atoms with van der Waals surface area (Å²) in [5.74, 6) is -1.90. The van der Waals surface area contributed by atoms with Crippen molar-refractivity contribution < 1.29 is 33.8 Å². The lowest BCUT2D eigenvalue weighted by Crippen LogP contribution is -2.56. The number of alkyl carbamates (subject to hydrolysis) is 1. The molecule has 3 aromatic rings. The van der Waals surface area contributed by atoms with Crippen LogP contribution in [0.15, 0.2) is 54.1 Å². The Morgan fingerprint density at radius 3 is 2.73 bits per heavy atom. The Hall–Kier alpha value is -4.52. The lowest BCUT2D eigenvalue weighted by atomic mass is 10.0. The van der Waals surface area contributed by atoms with E-state index in [1.807, 2.05) is 47.9 Å². The predicted octanol–water partition coefficient (Wildman–Crippen LogP) is 5.08. The largest absolute Gasteiger partial charge is 0.487 e. The summed E-state index contributed by atoms with van der Waals surface area (Å²) in [6.07, 6.45) is 8.02. The number of nitrogens with one attached hydrogen (secondary N) is 2. The Morgan fingerprint density at radius 1 is 1.15 bits per heavy atom. The fourth-order valence-corrected chi connectivity index (χ4v) is 7.23. The molecule has 254 valence electrons. The third-order valence-corrected chi connectivity index (χ3v) is 9.83. The number of carbonyl (C=O) groups is 4. The normalized spacial score (nSPS) is 27.1. The summed E-state index contributed by atoms with van der Waals surface area (Å²) in [7, 11) is 0. The van der Waals surface area contributed by atoms with E-state index in [0.29, 0.717) is 30.0 Å². The first-order chi connectivity index (χ1) is 22.9. The van der Waals surface area contributed by atoms with Gasteiger partial charge in [-0.2, -0.15) is 0 Å². The monoisotopic (exact) mass is 675 g/mol. The molecular weight excluding hydrogens is 634 g/mol. The van der Waals surface area contributed by atoms with Gasteiger partial charge in [0.05, 0.1) is 28.1 Å².